The molecule has 10 heteroatoms. The maximum atomic E-state index is 12.3. The Balaban J connectivity index is 0.000000236. The maximum Gasteiger partial charge on any atom is 0.413 e. The Kier molecular flexibility index (Phi) is 12.0. The van der Waals surface area contributed by atoms with Crippen molar-refractivity contribution in [2.45, 2.75) is 47.5 Å². The summed E-state index contributed by atoms with van der Waals surface area (Å²) < 4.78 is 5.88. The lowest BCUT2D eigenvalue weighted by Gasteiger charge is -2.09. The van der Waals surface area contributed by atoms with Gasteiger partial charge in [0.25, 0.3) is 0 Å². The minimum Gasteiger partial charge on any atom is -0.453 e. The topological polar surface area (TPSA) is 113 Å². The van der Waals surface area contributed by atoms with E-state index in [9.17, 15) is 9.59 Å². The summed E-state index contributed by atoms with van der Waals surface area (Å²) in [6.07, 6.45) is 4.76. The molecule has 2 amide bonds. The van der Waals surface area contributed by atoms with Crippen LogP contribution in [0.1, 0.15) is 42.0 Å². The molecule has 0 bridgehead atoms. The molecule has 0 spiro atoms. The number of unbranched alkanes of at least 4 members (excludes halogenated alkanes) is 1. The lowest BCUT2D eigenvalue weighted by Crippen LogP contribution is -2.31. The Labute approximate surface area is 253 Å². The summed E-state index contributed by atoms with van der Waals surface area (Å²) in [5.41, 5.74) is 8.07. The number of aryl methyl sites for hydroxylation is 4. The van der Waals surface area contributed by atoms with E-state index in [4.69, 9.17) is 0 Å². The fourth-order valence-electron chi connectivity index (χ4n) is 4.15. The molecule has 4 aromatic rings. The highest BCUT2D eigenvalue weighted by molar-refractivity contribution is 5.96. The number of anilines is 1. The van der Waals surface area contributed by atoms with Gasteiger partial charge >= 0.3 is 12.1 Å². The fraction of sp³-hybridized carbons (Fsp3) is 0.303. The van der Waals surface area contributed by atoms with Gasteiger partial charge in [0.05, 0.1) is 42.2 Å². The number of ether oxygens (including phenoxy) is 1. The third-order valence-corrected chi connectivity index (χ3v) is 6.43. The van der Waals surface area contributed by atoms with E-state index in [2.05, 4.69) is 82.3 Å². The number of hydrogen-bond donors (Lipinski definition) is 2. The highest BCUT2D eigenvalue weighted by Crippen LogP contribution is 2.21. The van der Waals surface area contributed by atoms with Crippen LogP contribution in [-0.2, 0) is 4.74 Å². The number of carbonyl (C=O) groups is 2. The Bertz CT molecular complexity index is 1550. The largest absolute Gasteiger partial charge is 0.453 e. The number of rotatable bonds is 8. The van der Waals surface area contributed by atoms with Gasteiger partial charge in [0.2, 0.25) is 5.95 Å². The highest BCUT2D eigenvalue weighted by Gasteiger charge is 2.18. The van der Waals surface area contributed by atoms with Crippen molar-refractivity contribution in [3.05, 3.63) is 82.9 Å². The quantitative estimate of drug-likeness (QED) is 0.127. The van der Waals surface area contributed by atoms with Gasteiger partial charge in [-0.3, -0.25) is 5.32 Å². The van der Waals surface area contributed by atoms with Gasteiger partial charge < -0.3 is 15.0 Å². The Morgan fingerprint density at radius 1 is 0.930 bits per heavy atom. The summed E-state index contributed by atoms with van der Waals surface area (Å²) in [6.45, 7) is 10.9. The summed E-state index contributed by atoms with van der Waals surface area (Å²) >= 11 is 0. The molecule has 226 valence electrons. The van der Waals surface area contributed by atoms with Crippen molar-refractivity contribution < 1.29 is 14.3 Å². The second kappa shape index (κ2) is 15.9. The lowest BCUT2D eigenvalue weighted by atomic mass is 10.1. The van der Waals surface area contributed by atoms with Crippen LogP contribution in [0, 0.1) is 27.7 Å². The molecule has 0 atom stereocenters. The zero-order valence-corrected chi connectivity index (χ0v) is 26.0. The third kappa shape index (κ3) is 9.53. The van der Waals surface area contributed by atoms with Crippen molar-refractivity contribution in [2.75, 3.05) is 26.0 Å². The number of hydrogen-bond acceptors (Lipinski definition) is 6. The molecular formula is C33H41N7O3. The number of aromatic nitrogens is 2. The summed E-state index contributed by atoms with van der Waals surface area (Å²) in [4.78, 5) is 38.8. The number of carbonyl (C=O) groups excluding carboxylic acids is 2. The van der Waals surface area contributed by atoms with E-state index >= 15 is 0 Å². The monoisotopic (exact) mass is 583 g/mol. The van der Waals surface area contributed by atoms with Crippen molar-refractivity contribution >= 4 is 53.2 Å². The molecule has 0 radical (unpaired) electrons. The molecule has 0 aliphatic rings. The molecule has 0 saturated carbocycles. The third-order valence-electron chi connectivity index (χ3n) is 6.43. The number of para-hydroxylation sites is 2. The van der Waals surface area contributed by atoms with Gasteiger partial charge in [-0.25, -0.2) is 29.1 Å². The Morgan fingerprint density at radius 2 is 1.51 bits per heavy atom. The van der Waals surface area contributed by atoms with Crippen LogP contribution in [0.2, 0.25) is 0 Å². The van der Waals surface area contributed by atoms with Crippen LogP contribution in [0.15, 0.2) is 70.6 Å². The van der Waals surface area contributed by atoms with Gasteiger partial charge in [-0.2, -0.15) is 0 Å². The zero-order valence-electron chi connectivity index (χ0n) is 26.0. The second-order valence-electron chi connectivity index (χ2n) is 10.2. The minimum atomic E-state index is -0.673. The number of amides is 2. The van der Waals surface area contributed by atoms with Gasteiger partial charge in [-0.05, 0) is 69.5 Å². The first kappa shape index (κ1) is 32.5. The molecule has 1 heterocycles. The molecule has 4 rings (SSSR count). The van der Waals surface area contributed by atoms with Crippen LogP contribution < -0.4 is 10.6 Å². The van der Waals surface area contributed by atoms with E-state index in [0.29, 0.717) is 17.6 Å². The number of nitrogens with zero attached hydrogens (tertiary/aromatic N) is 5. The number of nitrogens with one attached hydrogen (secondary N) is 2. The molecular weight excluding hydrogens is 542 g/mol. The van der Waals surface area contributed by atoms with Gasteiger partial charge in [0, 0.05) is 13.6 Å². The van der Waals surface area contributed by atoms with Crippen molar-refractivity contribution in [1.29, 1.82) is 0 Å². The molecule has 3 aromatic carbocycles. The van der Waals surface area contributed by atoms with Gasteiger partial charge in [0.1, 0.15) is 0 Å². The molecule has 10 nitrogen and oxygen atoms in total. The van der Waals surface area contributed by atoms with E-state index < -0.39 is 6.09 Å². The smallest absolute Gasteiger partial charge is 0.413 e. The lowest BCUT2D eigenvalue weighted by molar-refractivity contribution is 0.186. The normalized spacial score (nSPS) is 11.0. The average molecular weight is 584 g/mol. The van der Waals surface area contributed by atoms with Gasteiger partial charge in [-0.15, -0.1) is 0 Å². The zero-order chi connectivity index (χ0) is 31.4. The SMILES string of the molecule is CCCCNC(=O)n1c(NC(=O)OC)nc2ccccc21.Cc1ccc(/N=C/N(C)/C=N/c2ccc(C)cc2C)c(C)c1. The first-order valence-electron chi connectivity index (χ1n) is 14.2. The molecule has 2 N–H and O–H groups in total. The van der Waals surface area contributed by atoms with Crippen molar-refractivity contribution in [3.8, 4) is 0 Å². The number of aliphatic imine (C=N–C) groups is 2. The van der Waals surface area contributed by atoms with E-state index in [-0.39, 0.29) is 12.0 Å². The van der Waals surface area contributed by atoms with Crippen LogP contribution in [0.5, 0.6) is 0 Å². The molecule has 0 unspecified atom stereocenters. The van der Waals surface area contributed by atoms with Crippen LogP contribution in [0.3, 0.4) is 0 Å². The van der Waals surface area contributed by atoms with Gasteiger partial charge in [-0.1, -0.05) is 60.9 Å². The van der Waals surface area contributed by atoms with E-state index in [1.807, 2.05) is 43.1 Å². The summed E-state index contributed by atoms with van der Waals surface area (Å²) in [7, 11) is 3.18. The van der Waals surface area contributed by atoms with Crippen LogP contribution in [0.4, 0.5) is 26.9 Å². The van der Waals surface area contributed by atoms with E-state index in [1.165, 1.54) is 33.9 Å². The number of fused-ring (bicyclic) bond motifs is 1. The predicted molar refractivity (Wildman–Crippen MR) is 175 cm³/mol. The first-order chi connectivity index (χ1) is 20.6. The van der Waals surface area contributed by atoms with Crippen molar-refractivity contribution in [1.82, 2.24) is 19.8 Å². The fourth-order valence-corrected chi connectivity index (χ4v) is 4.15. The summed E-state index contributed by atoms with van der Waals surface area (Å²) in [5, 5.41) is 5.25. The van der Waals surface area contributed by atoms with Crippen LogP contribution in [-0.4, -0.2) is 60.0 Å². The van der Waals surface area contributed by atoms with Crippen molar-refractivity contribution in [2.24, 2.45) is 9.98 Å². The van der Waals surface area contributed by atoms with Gasteiger partial charge in [0.15, 0.2) is 0 Å². The molecule has 0 saturated heterocycles. The maximum absolute atomic E-state index is 12.3. The van der Waals surface area contributed by atoms with Crippen LogP contribution in [0.25, 0.3) is 11.0 Å². The minimum absolute atomic E-state index is 0.136. The molecule has 1 aromatic heterocycles. The highest BCUT2D eigenvalue weighted by atomic mass is 16.5. The van der Waals surface area contributed by atoms with Crippen molar-refractivity contribution in [3.63, 3.8) is 0 Å². The molecule has 0 aliphatic heterocycles. The predicted octanol–water partition coefficient (Wildman–Crippen LogP) is 7.44. The number of benzene rings is 3. The number of methoxy groups -OCH3 is 1. The Hall–Kier alpha value is -4.99. The number of imidazole rings is 1. The molecule has 0 aliphatic carbocycles. The van der Waals surface area contributed by atoms with E-state index in [1.54, 1.807) is 24.8 Å². The molecule has 43 heavy (non-hydrogen) atoms. The first-order valence-corrected chi connectivity index (χ1v) is 14.2. The summed E-state index contributed by atoms with van der Waals surface area (Å²) in [6, 6.07) is 19.3. The Morgan fingerprint density at radius 3 is 2.05 bits per heavy atom. The average Bonchev–Trinajstić information content (AvgIpc) is 3.34. The van der Waals surface area contributed by atoms with E-state index in [0.717, 1.165) is 24.2 Å². The second-order valence-corrected chi connectivity index (χ2v) is 10.2. The standard InChI is InChI=1S/C19H23N3.C14H18N4O3/c1-14-6-8-18(16(3)10-14)20-12-22(5)13-21-19-9-7-15(2)11-17(19)4;1-3-4-9-15-13(19)18-11-8-6-5-7-10(11)16-12(18)17-14(20)21-2/h6-13H,1-5H3;5-8H,3-4,9H2,1-2H3,(H,15,19)(H,16,17,20)/b20-12+,21-13+;. The molecule has 0 fully saturated rings. The summed E-state index contributed by atoms with van der Waals surface area (Å²) in [5.74, 6) is 0.136. The van der Waals surface area contributed by atoms with Crippen LogP contribution >= 0.6 is 0 Å².